The Bertz CT molecular complexity index is 557. The minimum Gasteiger partial charge on any atom is -0.480 e. The molecule has 0 aliphatic carbocycles. The highest BCUT2D eigenvalue weighted by Gasteiger charge is 2.25. The molecule has 8 heteroatoms. The molecule has 0 heterocycles. The van der Waals surface area contributed by atoms with E-state index in [-0.39, 0.29) is 17.7 Å². The fraction of sp³-hybridized carbons (Fsp3) is 0.467. The summed E-state index contributed by atoms with van der Waals surface area (Å²) < 4.78 is 34.1. The molecule has 6 nitrogen and oxygen atoms in total. The number of para-hydroxylation sites is 1. The average molecular weight is 331 g/mol. The third-order valence-electron chi connectivity index (χ3n) is 2.60. The van der Waals surface area contributed by atoms with E-state index in [1.807, 2.05) is 0 Å². The highest BCUT2D eigenvalue weighted by atomic mass is 19.3. The Morgan fingerprint density at radius 2 is 1.87 bits per heavy atom. The zero-order valence-electron chi connectivity index (χ0n) is 13.0. The number of carboxylic acids is 1. The van der Waals surface area contributed by atoms with Crippen LogP contribution >= 0.6 is 0 Å². The number of nitrogens with one attached hydrogen (secondary N) is 1. The van der Waals surface area contributed by atoms with Gasteiger partial charge in [-0.3, -0.25) is 0 Å². The molecule has 0 aliphatic rings. The van der Waals surface area contributed by atoms with Crippen molar-refractivity contribution in [3.8, 4) is 5.75 Å². The first-order valence-corrected chi connectivity index (χ1v) is 6.83. The van der Waals surface area contributed by atoms with E-state index in [9.17, 15) is 23.5 Å². The molecule has 1 atom stereocenters. The Morgan fingerprint density at radius 1 is 1.26 bits per heavy atom. The molecule has 2 N–H and O–H groups in total. The molecule has 0 fully saturated rings. The zero-order valence-corrected chi connectivity index (χ0v) is 13.0. The van der Waals surface area contributed by atoms with E-state index in [4.69, 9.17) is 4.74 Å². The number of carbonyl (C=O) groups is 2. The standard InChI is InChI=1S/C15H19F2NO5/c1-15(2,3)23-14(21)18-10(12(19)20)8-9-6-4-5-7-11(9)22-13(16)17/h4-7,10,13H,8H2,1-3H3,(H,18,21)(H,19,20). The van der Waals surface area contributed by atoms with E-state index >= 15 is 0 Å². The van der Waals surface area contributed by atoms with Gasteiger partial charge < -0.3 is 19.9 Å². The van der Waals surface area contributed by atoms with Crippen molar-refractivity contribution in [1.29, 1.82) is 0 Å². The molecule has 0 spiro atoms. The van der Waals surface area contributed by atoms with E-state index in [1.54, 1.807) is 26.8 Å². The number of halogens is 2. The van der Waals surface area contributed by atoms with E-state index in [0.717, 1.165) is 0 Å². The average Bonchev–Trinajstić information content (AvgIpc) is 2.37. The Balaban J connectivity index is 2.85. The minimum absolute atomic E-state index is 0.139. The number of rotatable bonds is 6. The number of aliphatic carboxylic acids is 1. The Hall–Kier alpha value is -2.38. The van der Waals surface area contributed by atoms with Crippen molar-refractivity contribution in [2.24, 2.45) is 0 Å². The summed E-state index contributed by atoms with van der Waals surface area (Å²) in [6.45, 7) is 1.87. The quantitative estimate of drug-likeness (QED) is 0.837. The van der Waals surface area contributed by atoms with Gasteiger partial charge in [-0.15, -0.1) is 0 Å². The normalized spacial score (nSPS) is 12.6. The maximum absolute atomic E-state index is 12.4. The molecule has 0 aromatic heterocycles. The van der Waals surface area contributed by atoms with Crippen LogP contribution in [0, 0.1) is 0 Å². The van der Waals surface area contributed by atoms with Crippen LogP contribution in [0.1, 0.15) is 26.3 Å². The van der Waals surface area contributed by atoms with Crippen molar-refractivity contribution in [1.82, 2.24) is 5.32 Å². The van der Waals surface area contributed by atoms with Crippen LogP contribution in [0.2, 0.25) is 0 Å². The number of benzene rings is 1. The smallest absolute Gasteiger partial charge is 0.408 e. The van der Waals surface area contributed by atoms with Crippen molar-refractivity contribution in [2.45, 2.75) is 45.4 Å². The molecule has 0 radical (unpaired) electrons. The van der Waals surface area contributed by atoms with Gasteiger partial charge in [0, 0.05) is 6.42 Å². The molecule has 1 rings (SSSR count). The summed E-state index contributed by atoms with van der Waals surface area (Å²) in [7, 11) is 0. The second-order valence-corrected chi connectivity index (χ2v) is 5.73. The van der Waals surface area contributed by atoms with Crippen LogP contribution < -0.4 is 10.1 Å². The lowest BCUT2D eigenvalue weighted by Crippen LogP contribution is -2.44. The van der Waals surface area contributed by atoms with Crippen molar-refractivity contribution < 1.29 is 33.0 Å². The van der Waals surface area contributed by atoms with Gasteiger partial charge in [0.15, 0.2) is 0 Å². The molecule has 1 amide bonds. The lowest BCUT2D eigenvalue weighted by molar-refractivity contribution is -0.139. The van der Waals surface area contributed by atoms with E-state index < -0.39 is 30.3 Å². The predicted molar refractivity (Wildman–Crippen MR) is 77.6 cm³/mol. The second-order valence-electron chi connectivity index (χ2n) is 5.73. The first-order valence-electron chi connectivity index (χ1n) is 6.83. The molecule has 23 heavy (non-hydrogen) atoms. The third kappa shape index (κ3) is 6.94. The predicted octanol–water partition coefficient (Wildman–Crippen LogP) is 2.81. The van der Waals surface area contributed by atoms with Gasteiger partial charge in [0.05, 0.1) is 0 Å². The number of carbonyl (C=O) groups excluding carboxylic acids is 1. The Kier molecular flexibility index (Phi) is 6.29. The van der Waals surface area contributed by atoms with Crippen molar-refractivity contribution in [3.05, 3.63) is 29.8 Å². The van der Waals surface area contributed by atoms with Crippen LogP contribution in [0.4, 0.5) is 13.6 Å². The SMILES string of the molecule is CC(C)(C)OC(=O)NC(Cc1ccccc1OC(F)F)C(=O)O. The molecule has 0 saturated heterocycles. The number of hydrogen-bond acceptors (Lipinski definition) is 4. The van der Waals surface area contributed by atoms with Crippen LogP contribution in [0.3, 0.4) is 0 Å². The van der Waals surface area contributed by atoms with E-state index in [1.165, 1.54) is 18.2 Å². The number of alkyl halides is 2. The molecule has 1 aromatic carbocycles. The first-order chi connectivity index (χ1) is 10.6. The Labute approximate surface area is 132 Å². The van der Waals surface area contributed by atoms with E-state index in [0.29, 0.717) is 0 Å². The van der Waals surface area contributed by atoms with Gasteiger partial charge in [0.25, 0.3) is 0 Å². The van der Waals surface area contributed by atoms with Crippen molar-refractivity contribution >= 4 is 12.1 Å². The van der Waals surface area contributed by atoms with Gasteiger partial charge in [0.1, 0.15) is 17.4 Å². The van der Waals surface area contributed by atoms with Gasteiger partial charge in [0.2, 0.25) is 0 Å². The van der Waals surface area contributed by atoms with Crippen LogP contribution in [0.25, 0.3) is 0 Å². The summed E-state index contributed by atoms with van der Waals surface area (Å²) in [5.41, 5.74) is -0.555. The van der Waals surface area contributed by atoms with Crippen LogP contribution in [0.15, 0.2) is 24.3 Å². The minimum atomic E-state index is -3.03. The third-order valence-corrected chi connectivity index (χ3v) is 2.60. The van der Waals surface area contributed by atoms with Gasteiger partial charge in [-0.1, -0.05) is 18.2 Å². The number of alkyl carbamates (subject to hydrolysis) is 1. The fourth-order valence-corrected chi connectivity index (χ4v) is 1.75. The summed E-state index contributed by atoms with van der Waals surface area (Å²) in [4.78, 5) is 23.0. The second kappa shape index (κ2) is 7.75. The Morgan fingerprint density at radius 3 is 2.39 bits per heavy atom. The molecular formula is C15H19F2NO5. The van der Waals surface area contributed by atoms with Gasteiger partial charge in [-0.25, -0.2) is 9.59 Å². The van der Waals surface area contributed by atoms with Crippen molar-refractivity contribution in [3.63, 3.8) is 0 Å². The molecule has 1 unspecified atom stereocenters. The van der Waals surface area contributed by atoms with Crippen LogP contribution in [0.5, 0.6) is 5.75 Å². The van der Waals surface area contributed by atoms with Gasteiger partial charge in [-0.05, 0) is 32.4 Å². The van der Waals surface area contributed by atoms with Gasteiger partial charge in [-0.2, -0.15) is 8.78 Å². The summed E-state index contributed by atoms with van der Waals surface area (Å²) in [6.07, 6.45) is -1.13. The van der Waals surface area contributed by atoms with Gasteiger partial charge >= 0.3 is 18.7 Å². The lowest BCUT2D eigenvalue weighted by Gasteiger charge is -2.22. The highest BCUT2D eigenvalue weighted by molar-refractivity contribution is 5.80. The van der Waals surface area contributed by atoms with E-state index in [2.05, 4.69) is 10.1 Å². The van der Waals surface area contributed by atoms with Crippen molar-refractivity contribution in [2.75, 3.05) is 0 Å². The summed E-state index contributed by atoms with van der Waals surface area (Å²) in [6, 6.07) is 4.45. The maximum atomic E-state index is 12.4. The molecule has 0 saturated carbocycles. The molecule has 128 valence electrons. The largest absolute Gasteiger partial charge is 0.480 e. The molecular weight excluding hydrogens is 312 g/mol. The topological polar surface area (TPSA) is 84.9 Å². The monoisotopic (exact) mass is 331 g/mol. The molecule has 0 aliphatic heterocycles. The van der Waals surface area contributed by atoms with Crippen LogP contribution in [-0.2, 0) is 16.0 Å². The molecule has 0 bridgehead atoms. The highest BCUT2D eigenvalue weighted by Crippen LogP contribution is 2.22. The number of carboxylic acid groups (broad SMARTS) is 1. The molecule has 1 aromatic rings. The lowest BCUT2D eigenvalue weighted by atomic mass is 10.1. The fourth-order valence-electron chi connectivity index (χ4n) is 1.75. The van der Waals surface area contributed by atoms with Crippen LogP contribution in [-0.4, -0.2) is 35.4 Å². The zero-order chi connectivity index (χ0) is 17.6. The summed E-state index contributed by atoms with van der Waals surface area (Å²) in [5, 5.41) is 11.4. The first kappa shape index (κ1) is 18.7. The number of amides is 1. The number of hydrogen-bond donors (Lipinski definition) is 2. The summed E-state index contributed by atoms with van der Waals surface area (Å²) in [5.74, 6) is -1.46. The number of ether oxygens (including phenoxy) is 2. The maximum Gasteiger partial charge on any atom is 0.408 e. The summed E-state index contributed by atoms with van der Waals surface area (Å²) >= 11 is 0.